The second kappa shape index (κ2) is 8.71. The quantitative estimate of drug-likeness (QED) is 0.784. The van der Waals surface area contributed by atoms with Gasteiger partial charge in [-0.15, -0.1) is 0 Å². The summed E-state index contributed by atoms with van der Waals surface area (Å²) < 4.78 is 5.87. The molecule has 0 aliphatic carbocycles. The van der Waals surface area contributed by atoms with Gasteiger partial charge in [-0.25, -0.2) is 0 Å². The molecule has 1 atom stereocenters. The first kappa shape index (κ1) is 15.9. The molecule has 21 heavy (non-hydrogen) atoms. The van der Waals surface area contributed by atoms with Crippen molar-refractivity contribution < 1.29 is 4.74 Å². The fraction of sp³-hybridized carbons (Fsp3) is 0.333. The van der Waals surface area contributed by atoms with Crippen LogP contribution >= 0.6 is 11.6 Å². The molecule has 1 unspecified atom stereocenters. The lowest BCUT2D eigenvalue weighted by Crippen LogP contribution is -2.37. The van der Waals surface area contributed by atoms with Gasteiger partial charge >= 0.3 is 0 Å². The first-order valence-electron chi connectivity index (χ1n) is 7.43. The molecule has 2 nitrogen and oxygen atoms in total. The predicted molar refractivity (Wildman–Crippen MR) is 89.2 cm³/mol. The Bertz CT molecular complexity index is 513. The highest BCUT2D eigenvalue weighted by Gasteiger charge is 2.10. The van der Waals surface area contributed by atoms with Crippen LogP contribution in [-0.4, -0.2) is 19.2 Å². The first-order valence-corrected chi connectivity index (χ1v) is 7.81. The summed E-state index contributed by atoms with van der Waals surface area (Å²) >= 11 is 5.93. The van der Waals surface area contributed by atoms with Crippen molar-refractivity contribution in [1.82, 2.24) is 5.32 Å². The molecule has 3 heteroatoms. The van der Waals surface area contributed by atoms with Gasteiger partial charge in [0.05, 0.1) is 0 Å². The Hall–Kier alpha value is -1.51. The molecule has 1 N–H and O–H groups in total. The number of para-hydroxylation sites is 1. The smallest absolute Gasteiger partial charge is 0.119 e. The molecular weight excluding hydrogens is 282 g/mol. The monoisotopic (exact) mass is 303 g/mol. The van der Waals surface area contributed by atoms with E-state index in [1.807, 2.05) is 42.5 Å². The number of halogens is 1. The van der Waals surface area contributed by atoms with Crippen LogP contribution in [0.4, 0.5) is 0 Å². The predicted octanol–water partition coefficient (Wildman–Crippen LogP) is 4.33. The summed E-state index contributed by atoms with van der Waals surface area (Å²) in [6.45, 7) is 3.83. The Balaban J connectivity index is 1.92. The summed E-state index contributed by atoms with van der Waals surface area (Å²) in [6.07, 6.45) is 2.05. The lowest BCUT2D eigenvalue weighted by molar-refractivity contribution is 0.263. The van der Waals surface area contributed by atoms with Crippen LogP contribution in [0.15, 0.2) is 54.6 Å². The van der Waals surface area contributed by atoms with Gasteiger partial charge in [-0.05, 0) is 49.2 Å². The van der Waals surface area contributed by atoms with E-state index in [2.05, 4.69) is 24.4 Å². The van der Waals surface area contributed by atoms with Crippen molar-refractivity contribution in [1.29, 1.82) is 0 Å². The molecule has 0 radical (unpaired) electrons. The SMILES string of the molecule is CCCNC(COc1ccccc1)Cc1ccc(Cl)cc1. The van der Waals surface area contributed by atoms with Crippen LogP contribution < -0.4 is 10.1 Å². The van der Waals surface area contributed by atoms with Crippen LogP contribution in [0.5, 0.6) is 5.75 Å². The van der Waals surface area contributed by atoms with Crippen LogP contribution in [0.3, 0.4) is 0 Å². The molecule has 2 rings (SSSR count). The Morgan fingerprint density at radius 1 is 1.05 bits per heavy atom. The zero-order valence-corrected chi connectivity index (χ0v) is 13.1. The lowest BCUT2D eigenvalue weighted by atomic mass is 10.1. The maximum atomic E-state index is 5.93. The molecule has 0 aliphatic rings. The van der Waals surface area contributed by atoms with Gasteiger partial charge in [-0.2, -0.15) is 0 Å². The first-order chi connectivity index (χ1) is 10.3. The second-order valence-electron chi connectivity index (χ2n) is 5.11. The number of benzene rings is 2. The van der Waals surface area contributed by atoms with Crippen molar-refractivity contribution in [3.05, 3.63) is 65.2 Å². The molecular formula is C18H22ClNO. The summed E-state index contributed by atoms with van der Waals surface area (Å²) in [5.74, 6) is 0.914. The van der Waals surface area contributed by atoms with E-state index in [1.54, 1.807) is 0 Å². The number of nitrogens with one attached hydrogen (secondary N) is 1. The Morgan fingerprint density at radius 3 is 2.43 bits per heavy atom. The van der Waals surface area contributed by atoms with E-state index in [4.69, 9.17) is 16.3 Å². The van der Waals surface area contributed by atoms with Crippen LogP contribution in [0.2, 0.25) is 5.02 Å². The topological polar surface area (TPSA) is 21.3 Å². The van der Waals surface area contributed by atoms with E-state index in [1.165, 1.54) is 5.56 Å². The maximum absolute atomic E-state index is 5.93. The largest absolute Gasteiger partial charge is 0.492 e. The van der Waals surface area contributed by atoms with Gasteiger partial charge in [0.15, 0.2) is 0 Å². The van der Waals surface area contributed by atoms with E-state index in [0.29, 0.717) is 12.6 Å². The van der Waals surface area contributed by atoms with Crippen LogP contribution in [0.1, 0.15) is 18.9 Å². The van der Waals surface area contributed by atoms with Crippen molar-refractivity contribution in [3.63, 3.8) is 0 Å². The van der Waals surface area contributed by atoms with Crippen molar-refractivity contribution >= 4 is 11.6 Å². The van der Waals surface area contributed by atoms with E-state index in [-0.39, 0.29) is 0 Å². The Kier molecular flexibility index (Phi) is 6.58. The molecule has 0 saturated carbocycles. The van der Waals surface area contributed by atoms with Crippen LogP contribution in [0, 0.1) is 0 Å². The molecule has 0 aliphatic heterocycles. The molecule has 112 valence electrons. The molecule has 2 aromatic carbocycles. The van der Waals surface area contributed by atoms with E-state index in [0.717, 1.165) is 30.2 Å². The third-order valence-electron chi connectivity index (χ3n) is 3.27. The van der Waals surface area contributed by atoms with Gasteiger partial charge in [0, 0.05) is 11.1 Å². The molecule has 0 heterocycles. The van der Waals surface area contributed by atoms with Gasteiger partial charge in [-0.1, -0.05) is 48.9 Å². The van der Waals surface area contributed by atoms with Gasteiger partial charge in [0.1, 0.15) is 12.4 Å². The summed E-state index contributed by atoms with van der Waals surface area (Å²) in [7, 11) is 0. The van der Waals surface area contributed by atoms with Gasteiger partial charge in [0.2, 0.25) is 0 Å². The van der Waals surface area contributed by atoms with Crippen LogP contribution in [-0.2, 0) is 6.42 Å². The Morgan fingerprint density at radius 2 is 1.76 bits per heavy atom. The van der Waals surface area contributed by atoms with Gasteiger partial charge < -0.3 is 10.1 Å². The molecule has 0 bridgehead atoms. The minimum Gasteiger partial charge on any atom is -0.492 e. The summed E-state index contributed by atoms with van der Waals surface area (Å²) in [5.41, 5.74) is 1.27. The lowest BCUT2D eigenvalue weighted by Gasteiger charge is -2.19. The molecule has 0 fully saturated rings. The van der Waals surface area contributed by atoms with Crippen molar-refractivity contribution in [2.45, 2.75) is 25.8 Å². The maximum Gasteiger partial charge on any atom is 0.119 e. The molecule has 0 aromatic heterocycles. The highest BCUT2D eigenvalue weighted by Crippen LogP contribution is 2.13. The minimum absolute atomic E-state index is 0.298. The fourth-order valence-electron chi connectivity index (χ4n) is 2.16. The highest BCUT2D eigenvalue weighted by molar-refractivity contribution is 6.30. The number of ether oxygens (including phenoxy) is 1. The molecule has 0 spiro atoms. The third kappa shape index (κ3) is 5.78. The minimum atomic E-state index is 0.298. The van der Waals surface area contributed by atoms with E-state index < -0.39 is 0 Å². The van der Waals surface area contributed by atoms with Gasteiger partial charge in [-0.3, -0.25) is 0 Å². The van der Waals surface area contributed by atoms with E-state index in [9.17, 15) is 0 Å². The molecule has 2 aromatic rings. The zero-order chi connectivity index (χ0) is 14.9. The zero-order valence-electron chi connectivity index (χ0n) is 12.4. The summed E-state index contributed by atoms with van der Waals surface area (Å²) in [5, 5.41) is 4.32. The average molecular weight is 304 g/mol. The number of hydrogen-bond acceptors (Lipinski definition) is 2. The number of hydrogen-bond donors (Lipinski definition) is 1. The fourth-order valence-corrected chi connectivity index (χ4v) is 2.28. The highest BCUT2D eigenvalue weighted by atomic mass is 35.5. The van der Waals surface area contributed by atoms with Crippen molar-refractivity contribution in [2.24, 2.45) is 0 Å². The van der Waals surface area contributed by atoms with E-state index >= 15 is 0 Å². The summed E-state index contributed by atoms with van der Waals surface area (Å²) in [4.78, 5) is 0. The second-order valence-corrected chi connectivity index (χ2v) is 5.54. The standard InChI is InChI=1S/C18H22ClNO/c1-2-12-20-17(13-15-8-10-16(19)11-9-15)14-21-18-6-4-3-5-7-18/h3-11,17,20H,2,12-14H2,1H3. The van der Waals surface area contributed by atoms with Crippen LogP contribution in [0.25, 0.3) is 0 Å². The van der Waals surface area contributed by atoms with Crippen molar-refractivity contribution in [2.75, 3.05) is 13.2 Å². The molecule has 0 saturated heterocycles. The Labute approximate surface area is 132 Å². The average Bonchev–Trinajstić information content (AvgIpc) is 2.53. The normalized spacial score (nSPS) is 12.1. The third-order valence-corrected chi connectivity index (χ3v) is 3.52. The summed E-state index contributed by atoms with van der Waals surface area (Å²) in [6, 6.07) is 18.3. The van der Waals surface area contributed by atoms with Gasteiger partial charge in [0.25, 0.3) is 0 Å². The number of rotatable bonds is 8. The molecule has 0 amide bonds. The van der Waals surface area contributed by atoms with Crippen molar-refractivity contribution in [3.8, 4) is 5.75 Å².